The monoisotopic (exact) mass is 368 g/mol. The number of carbonyl (C=O) groups is 2. The minimum atomic E-state index is -0.214. The van der Waals surface area contributed by atoms with E-state index in [0.717, 1.165) is 22.4 Å². The molecule has 3 rings (SSSR count). The van der Waals surface area contributed by atoms with Crippen molar-refractivity contribution in [1.82, 2.24) is 5.32 Å². The number of aryl methyl sites for hydroxylation is 3. The molecular formula is C21H24N2O4. The lowest BCUT2D eigenvalue weighted by Crippen LogP contribution is -2.38. The van der Waals surface area contributed by atoms with E-state index in [1.807, 2.05) is 20.8 Å². The predicted molar refractivity (Wildman–Crippen MR) is 104 cm³/mol. The van der Waals surface area contributed by atoms with Gasteiger partial charge in [0.15, 0.2) is 11.5 Å². The lowest BCUT2D eigenvalue weighted by atomic mass is 10.0. The molecule has 0 radical (unpaired) electrons. The number of benzene rings is 2. The van der Waals surface area contributed by atoms with Crippen LogP contribution in [0.4, 0.5) is 5.69 Å². The van der Waals surface area contributed by atoms with Crippen LogP contribution < -0.4 is 19.7 Å². The molecule has 1 heterocycles. The molecule has 0 bridgehead atoms. The van der Waals surface area contributed by atoms with Crippen molar-refractivity contribution in [3.63, 3.8) is 0 Å². The fourth-order valence-corrected chi connectivity index (χ4v) is 3.45. The first-order valence-electron chi connectivity index (χ1n) is 8.90. The van der Waals surface area contributed by atoms with Crippen molar-refractivity contribution in [2.75, 3.05) is 24.8 Å². The molecule has 2 aromatic rings. The van der Waals surface area contributed by atoms with Crippen LogP contribution in [0, 0.1) is 20.8 Å². The number of nitrogens with one attached hydrogen (secondary N) is 1. The second kappa shape index (κ2) is 7.70. The van der Waals surface area contributed by atoms with Crippen molar-refractivity contribution in [2.45, 2.75) is 27.7 Å². The van der Waals surface area contributed by atoms with Gasteiger partial charge in [-0.05, 0) is 50.1 Å². The van der Waals surface area contributed by atoms with Crippen molar-refractivity contribution in [3.05, 3.63) is 52.6 Å². The maximum absolute atomic E-state index is 12.4. The standard InChI is InChI=1S/C21H24N2O4/c1-13-9-14(2)20(15(3)10-13)23(16(4)24)8-7-22-21(25)17-5-6-18-19(11-17)27-12-26-18/h5-6,9-11H,7-8,12H2,1-4H3,(H,22,25). The Hall–Kier alpha value is -3.02. The van der Waals surface area contributed by atoms with Crippen LogP contribution in [-0.4, -0.2) is 31.7 Å². The second-order valence-electron chi connectivity index (χ2n) is 6.74. The van der Waals surface area contributed by atoms with Crippen molar-refractivity contribution in [2.24, 2.45) is 0 Å². The third kappa shape index (κ3) is 4.05. The molecule has 0 unspecified atom stereocenters. The molecule has 1 aliphatic heterocycles. The predicted octanol–water partition coefficient (Wildman–Crippen LogP) is 3.12. The first kappa shape index (κ1) is 18.8. The number of rotatable bonds is 5. The number of hydrogen-bond acceptors (Lipinski definition) is 4. The molecule has 0 atom stereocenters. The average Bonchev–Trinajstić information content (AvgIpc) is 3.06. The van der Waals surface area contributed by atoms with Gasteiger partial charge in [-0.1, -0.05) is 17.7 Å². The van der Waals surface area contributed by atoms with Crippen molar-refractivity contribution < 1.29 is 19.1 Å². The fourth-order valence-electron chi connectivity index (χ4n) is 3.45. The minimum Gasteiger partial charge on any atom is -0.454 e. The van der Waals surface area contributed by atoms with E-state index in [-0.39, 0.29) is 18.6 Å². The van der Waals surface area contributed by atoms with Gasteiger partial charge in [-0.2, -0.15) is 0 Å². The first-order chi connectivity index (χ1) is 12.9. The summed E-state index contributed by atoms with van der Waals surface area (Å²) in [6.07, 6.45) is 0. The molecule has 1 aliphatic rings. The Balaban J connectivity index is 1.67. The molecular weight excluding hydrogens is 344 g/mol. The highest BCUT2D eigenvalue weighted by Crippen LogP contribution is 2.32. The molecule has 0 fully saturated rings. The zero-order chi connectivity index (χ0) is 19.6. The molecule has 2 amide bonds. The Morgan fingerprint density at radius 2 is 1.70 bits per heavy atom. The van der Waals surface area contributed by atoms with Crippen molar-refractivity contribution >= 4 is 17.5 Å². The summed E-state index contributed by atoms with van der Waals surface area (Å²) in [5, 5.41) is 2.87. The first-order valence-corrected chi connectivity index (χ1v) is 8.90. The maximum Gasteiger partial charge on any atom is 0.251 e. The van der Waals surface area contributed by atoms with E-state index in [2.05, 4.69) is 17.4 Å². The van der Waals surface area contributed by atoms with Gasteiger partial charge in [-0.15, -0.1) is 0 Å². The Morgan fingerprint density at radius 1 is 1.04 bits per heavy atom. The minimum absolute atomic E-state index is 0.0534. The number of hydrogen-bond donors (Lipinski definition) is 1. The molecule has 27 heavy (non-hydrogen) atoms. The van der Waals surface area contributed by atoms with E-state index >= 15 is 0 Å². The Kier molecular flexibility index (Phi) is 5.35. The second-order valence-corrected chi connectivity index (χ2v) is 6.74. The highest BCUT2D eigenvalue weighted by atomic mass is 16.7. The van der Waals surface area contributed by atoms with Crippen LogP contribution in [0.3, 0.4) is 0 Å². The third-order valence-electron chi connectivity index (χ3n) is 4.54. The van der Waals surface area contributed by atoms with Gasteiger partial charge in [0.2, 0.25) is 12.7 Å². The fraction of sp³-hybridized carbons (Fsp3) is 0.333. The lowest BCUT2D eigenvalue weighted by molar-refractivity contribution is -0.116. The van der Waals surface area contributed by atoms with Gasteiger partial charge >= 0.3 is 0 Å². The number of carbonyl (C=O) groups excluding carboxylic acids is 2. The van der Waals surface area contributed by atoms with E-state index < -0.39 is 0 Å². The Labute approximate surface area is 159 Å². The molecule has 6 nitrogen and oxygen atoms in total. The van der Waals surface area contributed by atoms with Gasteiger partial charge in [-0.25, -0.2) is 0 Å². The summed E-state index contributed by atoms with van der Waals surface area (Å²) in [6, 6.07) is 9.19. The summed E-state index contributed by atoms with van der Waals surface area (Å²) < 4.78 is 10.6. The average molecular weight is 368 g/mol. The Morgan fingerprint density at radius 3 is 2.37 bits per heavy atom. The molecule has 0 spiro atoms. The maximum atomic E-state index is 12.4. The summed E-state index contributed by atoms with van der Waals surface area (Å²) in [6.45, 7) is 8.48. The van der Waals surface area contributed by atoms with Crippen molar-refractivity contribution in [3.8, 4) is 11.5 Å². The molecule has 0 saturated carbocycles. The van der Waals surface area contributed by atoms with Crippen LogP contribution in [0.5, 0.6) is 11.5 Å². The molecule has 0 aromatic heterocycles. The van der Waals surface area contributed by atoms with Gasteiger partial charge in [-0.3, -0.25) is 9.59 Å². The van der Waals surface area contributed by atoms with Crippen LogP contribution in [0.15, 0.2) is 30.3 Å². The van der Waals surface area contributed by atoms with Crippen LogP contribution in [0.1, 0.15) is 34.0 Å². The molecule has 1 N–H and O–H groups in total. The quantitative estimate of drug-likeness (QED) is 0.880. The molecule has 142 valence electrons. The van der Waals surface area contributed by atoms with Gasteiger partial charge < -0.3 is 19.7 Å². The highest BCUT2D eigenvalue weighted by molar-refractivity contribution is 5.95. The summed E-state index contributed by atoms with van der Waals surface area (Å²) >= 11 is 0. The number of fused-ring (bicyclic) bond motifs is 1. The highest BCUT2D eigenvalue weighted by Gasteiger charge is 2.18. The van der Waals surface area contributed by atoms with E-state index in [0.29, 0.717) is 30.2 Å². The molecule has 0 saturated heterocycles. The molecule has 6 heteroatoms. The Bertz CT molecular complexity index is 869. The van der Waals surface area contributed by atoms with Crippen LogP contribution in [0.2, 0.25) is 0 Å². The van der Waals surface area contributed by atoms with Crippen LogP contribution in [-0.2, 0) is 4.79 Å². The largest absolute Gasteiger partial charge is 0.454 e. The molecule has 0 aliphatic carbocycles. The summed E-state index contributed by atoms with van der Waals surface area (Å²) in [7, 11) is 0. The van der Waals surface area contributed by atoms with E-state index in [4.69, 9.17) is 9.47 Å². The number of amides is 2. The lowest BCUT2D eigenvalue weighted by Gasteiger charge is -2.25. The third-order valence-corrected chi connectivity index (χ3v) is 4.54. The van der Waals surface area contributed by atoms with E-state index in [9.17, 15) is 9.59 Å². The zero-order valence-electron chi connectivity index (χ0n) is 16.1. The van der Waals surface area contributed by atoms with Crippen LogP contribution >= 0.6 is 0 Å². The smallest absolute Gasteiger partial charge is 0.251 e. The van der Waals surface area contributed by atoms with Gasteiger partial charge in [0, 0.05) is 31.3 Å². The zero-order valence-corrected chi connectivity index (χ0v) is 16.1. The number of nitrogens with zero attached hydrogens (tertiary/aromatic N) is 1. The molecule has 2 aromatic carbocycles. The van der Waals surface area contributed by atoms with E-state index in [1.165, 1.54) is 0 Å². The number of anilines is 1. The summed E-state index contributed by atoms with van der Waals surface area (Å²) in [4.78, 5) is 26.3. The summed E-state index contributed by atoms with van der Waals surface area (Å²) in [5.41, 5.74) is 4.66. The van der Waals surface area contributed by atoms with Crippen LogP contribution in [0.25, 0.3) is 0 Å². The van der Waals surface area contributed by atoms with Gasteiger partial charge in [0.1, 0.15) is 0 Å². The summed E-state index contributed by atoms with van der Waals surface area (Å²) in [5.74, 6) is 0.940. The topological polar surface area (TPSA) is 67.9 Å². The van der Waals surface area contributed by atoms with E-state index in [1.54, 1.807) is 30.0 Å². The number of ether oxygens (including phenoxy) is 2. The van der Waals surface area contributed by atoms with Gasteiger partial charge in [0.25, 0.3) is 5.91 Å². The SMILES string of the molecule is CC(=O)N(CCNC(=O)c1ccc2c(c1)OCO2)c1c(C)cc(C)cc1C. The normalized spacial score (nSPS) is 12.0. The van der Waals surface area contributed by atoms with Crippen molar-refractivity contribution in [1.29, 1.82) is 0 Å². The van der Waals surface area contributed by atoms with Gasteiger partial charge in [0.05, 0.1) is 0 Å².